The molecule has 0 saturated carbocycles. The molecule has 0 saturated heterocycles. The Morgan fingerprint density at radius 3 is 2.80 bits per heavy atom. The Morgan fingerprint density at radius 1 is 1.20 bits per heavy atom. The molecule has 20 heavy (non-hydrogen) atoms. The lowest BCUT2D eigenvalue weighted by molar-refractivity contribution is -0.895. The fourth-order valence-electron chi connectivity index (χ4n) is 2.06. The third-order valence-corrected chi connectivity index (χ3v) is 3.37. The first-order valence-electron chi connectivity index (χ1n) is 5.87. The van der Waals surface area contributed by atoms with Crippen LogP contribution in [0.4, 0.5) is 4.39 Å². The first-order chi connectivity index (χ1) is 9.56. The average Bonchev–Trinajstić information content (AvgIpc) is 2.41. The Balaban J connectivity index is 2.29. The number of halogens is 2. The second-order valence-corrected chi connectivity index (χ2v) is 4.82. The van der Waals surface area contributed by atoms with Crippen LogP contribution < -0.4 is 4.73 Å². The van der Waals surface area contributed by atoms with Crippen molar-refractivity contribution in [1.82, 2.24) is 9.97 Å². The van der Waals surface area contributed by atoms with Gasteiger partial charge in [0.15, 0.2) is 0 Å². The number of rotatable bonds is 1. The highest BCUT2D eigenvalue weighted by molar-refractivity contribution is 6.30. The second-order valence-electron chi connectivity index (χ2n) is 4.43. The summed E-state index contributed by atoms with van der Waals surface area (Å²) in [6, 6.07) is 3.35. The number of nitrogens with zero attached hydrogens (tertiary/aromatic N) is 3. The van der Waals surface area contributed by atoms with Crippen molar-refractivity contribution in [2.24, 2.45) is 0 Å². The number of hydrogen-bond acceptors (Lipinski definition) is 3. The van der Waals surface area contributed by atoms with Crippen LogP contribution in [0.3, 0.4) is 0 Å². The molecule has 0 bridgehead atoms. The van der Waals surface area contributed by atoms with Gasteiger partial charge in [0.25, 0.3) is 5.69 Å². The molecule has 6 heteroatoms. The summed E-state index contributed by atoms with van der Waals surface area (Å²) >= 11 is 5.81. The van der Waals surface area contributed by atoms with Gasteiger partial charge in [0.05, 0.1) is 17.1 Å². The minimum absolute atomic E-state index is 0.342. The van der Waals surface area contributed by atoms with E-state index in [9.17, 15) is 9.60 Å². The molecular weight excluding hydrogens is 281 g/mol. The van der Waals surface area contributed by atoms with Crippen molar-refractivity contribution < 1.29 is 14.3 Å². The Morgan fingerprint density at radius 2 is 2.00 bits per heavy atom. The van der Waals surface area contributed by atoms with Gasteiger partial charge in [0.1, 0.15) is 11.0 Å². The Kier molecular flexibility index (Phi) is 2.99. The standard InChI is InChI=1S/C14H10ClFN3O/c1-8-11(5-17-6-12(8)16)13-2-9-4-18-14(15)3-10(9)7-19(13)20/h2-7,20H,1H3/q+1. The molecule has 4 nitrogen and oxygen atoms in total. The van der Waals surface area contributed by atoms with Gasteiger partial charge in [0, 0.05) is 34.1 Å². The monoisotopic (exact) mass is 290 g/mol. The van der Waals surface area contributed by atoms with Crippen molar-refractivity contribution in [2.45, 2.75) is 6.92 Å². The van der Waals surface area contributed by atoms with Crippen LogP contribution in [0.1, 0.15) is 5.56 Å². The first kappa shape index (κ1) is 12.7. The molecule has 0 aromatic carbocycles. The van der Waals surface area contributed by atoms with Gasteiger partial charge in [-0.15, -0.1) is 0 Å². The van der Waals surface area contributed by atoms with E-state index in [1.54, 1.807) is 25.3 Å². The molecule has 0 aliphatic heterocycles. The van der Waals surface area contributed by atoms with Crippen LogP contribution in [-0.2, 0) is 0 Å². The lowest BCUT2D eigenvalue weighted by atomic mass is 10.1. The lowest BCUT2D eigenvalue weighted by Crippen LogP contribution is -2.32. The molecule has 0 atom stereocenters. The maximum atomic E-state index is 13.6. The molecule has 0 spiro atoms. The van der Waals surface area contributed by atoms with Crippen LogP contribution in [0.5, 0.6) is 0 Å². The number of aromatic nitrogens is 3. The van der Waals surface area contributed by atoms with Crippen LogP contribution in [-0.4, -0.2) is 15.2 Å². The number of pyridine rings is 3. The smallest absolute Gasteiger partial charge is 0.267 e. The lowest BCUT2D eigenvalue weighted by Gasteiger charge is -2.04. The number of fused-ring (bicyclic) bond motifs is 1. The highest BCUT2D eigenvalue weighted by Crippen LogP contribution is 2.24. The van der Waals surface area contributed by atoms with E-state index in [4.69, 9.17) is 11.6 Å². The van der Waals surface area contributed by atoms with E-state index in [0.717, 1.165) is 21.7 Å². The normalized spacial score (nSPS) is 10.9. The van der Waals surface area contributed by atoms with Crippen LogP contribution in [0.25, 0.3) is 22.0 Å². The molecule has 100 valence electrons. The molecule has 0 amide bonds. The summed E-state index contributed by atoms with van der Waals surface area (Å²) < 4.78 is 14.5. The summed E-state index contributed by atoms with van der Waals surface area (Å²) in [5.41, 5.74) is 1.37. The molecule has 3 aromatic heterocycles. The van der Waals surface area contributed by atoms with Crippen LogP contribution in [0.15, 0.2) is 36.9 Å². The van der Waals surface area contributed by atoms with Crippen molar-refractivity contribution in [3.05, 3.63) is 53.5 Å². The van der Waals surface area contributed by atoms with Crippen molar-refractivity contribution in [3.8, 4) is 11.3 Å². The molecule has 0 aliphatic carbocycles. The van der Waals surface area contributed by atoms with Gasteiger partial charge in [-0.05, 0) is 13.0 Å². The van der Waals surface area contributed by atoms with Crippen molar-refractivity contribution in [1.29, 1.82) is 0 Å². The van der Waals surface area contributed by atoms with Gasteiger partial charge in [-0.2, -0.15) is 0 Å². The van der Waals surface area contributed by atoms with Gasteiger partial charge in [-0.1, -0.05) is 11.6 Å². The first-order valence-corrected chi connectivity index (χ1v) is 6.25. The fourth-order valence-corrected chi connectivity index (χ4v) is 2.23. The largest absolute Gasteiger partial charge is 0.285 e. The zero-order chi connectivity index (χ0) is 14.3. The van der Waals surface area contributed by atoms with Gasteiger partial charge in [-0.3, -0.25) is 10.2 Å². The van der Waals surface area contributed by atoms with E-state index in [-0.39, 0.29) is 0 Å². The van der Waals surface area contributed by atoms with E-state index in [1.165, 1.54) is 12.4 Å². The minimum Gasteiger partial charge on any atom is -0.285 e. The summed E-state index contributed by atoms with van der Waals surface area (Å²) in [7, 11) is 0. The topological polar surface area (TPSA) is 49.9 Å². The number of hydrogen-bond donors (Lipinski definition) is 1. The predicted octanol–water partition coefficient (Wildman–Crippen LogP) is 2.92. The predicted molar refractivity (Wildman–Crippen MR) is 72.1 cm³/mol. The van der Waals surface area contributed by atoms with Gasteiger partial charge in [0.2, 0.25) is 6.20 Å². The zero-order valence-corrected chi connectivity index (χ0v) is 11.3. The van der Waals surface area contributed by atoms with Crippen LogP contribution in [0.2, 0.25) is 5.15 Å². The third kappa shape index (κ3) is 2.06. The van der Waals surface area contributed by atoms with Gasteiger partial charge < -0.3 is 0 Å². The summed E-state index contributed by atoms with van der Waals surface area (Å²) in [6.07, 6.45) is 5.75. The molecule has 3 heterocycles. The molecule has 0 unspecified atom stereocenters. The highest BCUT2D eigenvalue weighted by atomic mass is 35.5. The van der Waals surface area contributed by atoms with E-state index >= 15 is 0 Å². The second kappa shape index (κ2) is 4.68. The summed E-state index contributed by atoms with van der Waals surface area (Å²) in [5.74, 6) is -0.420. The minimum atomic E-state index is -0.420. The summed E-state index contributed by atoms with van der Waals surface area (Å²) in [5, 5.41) is 11.9. The van der Waals surface area contributed by atoms with Gasteiger partial charge >= 0.3 is 0 Å². The maximum absolute atomic E-state index is 13.6. The Hall–Kier alpha value is -2.27. The fraction of sp³-hybridized carbons (Fsp3) is 0.0714. The third-order valence-electron chi connectivity index (χ3n) is 3.17. The molecule has 3 rings (SSSR count). The van der Waals surface area contributed by atoms with E-state index in [1.807, 2.05) is 0 Å². The van der Waals surface area contributed by atoms with Crippen LogP contribution in [0, 0.1) is 12.7 Å². The van der Waals surface area contributed by atoms with E-state index < -0.39 is 5.82 Å². The van der Waals surface area contributed by atoms with Crippen molar-refractivity contribution in [2.75, 3.05) is 0 Å². The molecule has 1 N–H and O–H groups in total. The summed E-state index contributed by atoms with van der Waals surface area (Å²) in [6.45, 7) is 1.64. The quantitative estimate of drug-likeness (QED) is 0.426. The average molecular weight is 291 g/mol. The Bertz CT molecular complexity index is 823. The van der Waals surface area contributed by atoms with E-state index in [0.29, 0.717) is 22.0 Å². The SMILES string of the molecule is Cc1c(F)cncc1-c1cc2cnc(Cl)cc2c[n+]1O. The molecular formula is C14H10ClFN3O+. The molecule has 0 aliphatic rings. The molecule has 0 fully saturated rings. The van der Waals surface area contributed by atoms with Crippen LogP contribution >= 0.6 is 11.6 Å². The van der Waals surface area contributed by atoms with E-state index in [2.05, 4.69) is 9.97 Å². The van der Waals surface area contributed by atoms with Crippen molar-refractivity contribution >= 4 is 22.4 Å². The van der Waals surface area contributed by atoms with Gasteiger partial charge in [-0.25, -0.2) is 9.37 Å². The highest BCUT2D eigenvalue weighted by Gasteiger charge is 2.19. The van der Waals surface area contributed by atoms with Crippen molar-refractivity contribution in [3.63, 3.8) is 0 Å². The summed E-state index contributed by atoms with van der Waals surface area (Å²) in [4.78, 5) is 7.82. The Labute approximate surface area is 119 Å². The zero-order valence-electron chi connectivity index (χ0n) is 10.5. The molecule has 0 radical (unpaired) electrons. The maximum Gasteiger partial charge on any atom is 0.267 e. The molecule has 3 aromatic rings.